The van der Waals surface area contributed by atoms with Crippen molar-refractivity contribution >= 4 is 22.9 Å². The number of hydrogen-bond acceptors (Lipinski definition) is 4. The molecule has 4 heterocycles. The smallest absolute Gasteiger partial charge is 0.270 e. The number of carbonyl (C=O) groups is 1. The molecule has 1 fully saturated rings. The van der Waals surface area contributed by atoms with Crippen molar-refractivity contribution in [2.45, 2.75) is 18.9 Å². The van der Waals surface area contributed by atoms with Gasteiger partial charge in [-0.1, -0.05) is 0 Å². The standard InChI is InChI=1S/C17H20N6O/c1-22-11-8-19-17(22)23-9-5-13(6-10-23)20-16(24)14-3-2-12-4-7-18-15(12)21-14/h2-4,7-8,11,13H,5-6,9-10H2,1H3,(H,18,21)(H,20,24). The molecule has 3 aromatic heterocycles. The van der Waals surface area contributed by atoms with E-state index in [1.807, 2.05) is 42.3 Å². The van der Waals surface area contributed by atoms with Gasteiger partial charge in [0.1, 0.15) is 11.3 Å². The molecule has 124 valence electrons. The zero-order valence-electron chi connectivity index (χ0n) is 13.6. The summed E-state index contributed by atoms with van der Waals surface area (Å²) in [7, 11) is 2.00. The first kappa shape index (κ1) is 14.7. The lowest BCUT2D eigenvalue weighted by Gasteiger charge is -2.32. The van der Waals surface area contributed by atoms with Crippen molar-refractivity contribution in [2.75, 3.05) is 18.0 Å². The lowest BCUT2D eigenvalue weighted by molar-refractivity contribution is 0.0926. The molecule has 1 amide bonds. The highest BCUT2D eigenvalue weighted by Crippen LogP contribution is 2.18. The number of hydrogen-bond donors (Lipinski definition) is 2. The van der Waals surface area contributed by atoms with Gasteiger partial charge in [0.25, 0.3) is 5.91 Å². The van der Waals surface area contributed by atoms with Crippen molar-refractivity contribution in [3.63, 3.8) is 0 Å². The van der Waals surface area contributed by atoms with E-state index in [1.165, 1.54) is 0 Å². The van der Waals surface area contributed by atoms with Crippen molar-refractivity contribution < 1.29 is 4.79 Å². The van der Waals surface area contributed by atoms with Gasteiger partial charge in [-0.15, -0.1) is 0 Å². The summed E-state index contributed by atoms with van der Waals surface area (Å²) in [5, 5.41) is 4.11. The number of carbonyl (C=O) groups excluding carboxylic acids is 1. The van der Waals surface area contributed by atoms with Crippen molar-refractivity contribution in [1.29, 1.82) is 0 Å². The maximum absolute atomic E-state index is 12.4. The molecule has 1 aliphatic rings. The molecule has 0 saturated carbocycles. The first-order chi connectivity index (χ1) is 11.7. The molecule has 24 heavy (non-hydrogen) atoms. The van der Waals surface area contributed by atoms with E-state index in [1.54, 1.807) is 6.07 Å². The van der Waals surface area contributed by atoms with Gasteiger partial charge in [0.2, 0.25) is 5.95 Å². The van der Waals surface area contributed by atoms with Gasteiger partial charge >= 0.3 is 0 Å². The number of aryl methyl sites for hydroxylation is 1. The van der Waals surface area contributed by atoms with E-state index in [-0.39, 0.29) is 11.9 Å². The number of rotatable bonds is 3. The summed E-state index contributed by atoms with van der Waals surface area (Å²) >= 11 is 0. The van der Waals surface area contributed by atoms with Crippen LogP contribution in [0.1, 0.15) is 23.3 Å². The average Bonchev–Trinajstić information content (AvgIpc) is 3.23. The van der Waals surface area contributed by atoms with Crippen LogP contribution >= 0.6 is 0 Å². The third-order valence-electron chi connectivity index (χ3n) is 4.55. The van der Waals surface area contributed by atoms with Crippen LogP contribution in [-0.2, 0) is 7.05 Å². The predicted molar refractivity (Wildman–Crippen MR) is 92.0 cm³/mol. The third-order valence-corrected chi connectivity index (χ3v) is 4.55. The van der Waals surface area contributed by atoms with Gasteiger partial charge in [-0.05, 0) is 31.0 Å². The Labute approximate surface area is 139 Å². The monoisotopic (exact) mass is 324 g/mol. The van der Waals surface area contributed by atoms with Crippen LogP contribution in [0, 0.1) is 0 Å². The van der Waals surface area contributed by atoms with E-state index in [9.17, 15) is 4.79 Å². The van der Waals surface area contributed by atoms with Gasteiger partial charge in [0.15, 0.2) is 0 Å². The molecule has 0 aliphatic carbocycles. The first-order valence-electron chi connectivity index (χ1n) is 8.18. The Balaban J connectivity index is 1.38. The minimum Gasteiger partial charge on any atom is -0.348 e. The van der Waals surface area contributed by atoms with E-state index in [0.29, 0.717) is 5.69 Å². The zero-order chi connectivity index (χ0) is 16.5. The molecule has 1 aliphatic heterocycles. The maximum Gasteiger partial charge on any atom is 0.270 e. The number of pyridine rings is 1. The fourth-order valence-electron chi connectivity index (χ4n) is 3.20. The fraction of sp³-hybridized carbons (Fsp3) is 0.353. The lowest BCUT2D eigenvalue weighted by Crippen LogP contribution is -2.45. The average molecular weight is 324 g/mol. The molecular formula is C17H20N6O. The largest absolute Gasteiger partial charge is 0.348 e. The van der Waals surface area contributed by atoms with E-state index in [2.05, 4.69) is 25.2 Å². The summed E-state index contributed by atoms with van der Waals surface area (Å²) < 4.78 is 2.02. The molecule has 7 nitrogen and oxygen atoms in total. The Morgan fingerprint density at radius 2 is 2.12 bits per heavy atom. The van der Waals surface area contributed by atoms with Crippen LogP contribution in [-0.4, -0.2) is 44.6 Å². The Morgan fingerprint density at radius 3 is 2.88 bits per heavy atom. The summed E-state index contributed by atoms with van der Waals surface area (Å²) in [4.78, 5) is 26.5. The number of amides is 1. The van der Waals surface area contributed by atoms with Gasteiger partial charge in [-0.25, -0.2) is 9.97 Å². The molecule has 0 spiro atoms. The van der Waals surface area contributed by atoms with Crippen molar-refractivity contribution in [3.8, 4) is 0 Å². The SMILES string of the molecule is Cn1ccnc1N1CCC(NC(=O)c2ccc3cc[nH]c3n2)CC1. The molecule has 0 radical (unpaired) electrons. The molecule has 3 aromatic rings. The van der Waals surface area contributed by atoms with Crippen molar-refractivity contribution in [1.82, 2.24) is 24.8 Å². The van der Waals surface area contributed by atoms with Gasteiger partial charge in [0.05, 0.1) is 0 Å². The van der Waals surface area contributed by atoms with E-state index in [4.69, 9.17) is 0 Å². The number of imidazole rings is 1. The van der Waals surface area contributed by atoms with Crippen LogP contribution in [0.25, 0.3) is 11.0 Å². The zero-order valence-corrected chi connectivity index (χ0v) is 13.6. The number of piperidine rings is 1. The van der Waals surface area contributed by atoms with Crippen LogP contribution in [0.15, 0.2) is 36.8 Å². The maximum atomic E-state index is 12.4. The number of aromatic amines is 1. The number of anilines is 1. The topological polar surface area (TPSA) is 78.8 Å². The summed E-state index contributed by atoms with van der Waals surface area (Å²) in [6.07, 6.45) is 7.40. The van der Waals surface area contributed by atoms with Crippen LogP contribution in [0.4, 0.5) is 5.95 Å². The van der Waals surface area contributed by atoms with Gasteiger partial charge in [0, 0.05) is 50.2 Å². The quantitative estimate of drug-likeness (QED) is 0.768. The van der Waals surface area contributed by atoms with Gasteiger partial charge in [-0.2, -0.15) is 0 Å². The van der Waals surface area contributed by atoms with Gasteiger partial charge in [-0.3, -0.25) is 4.79 Å². The van der Waals surface area contributed by atoms with Crippen LogP contribution in [0.5, 0.6) is 0 Å². The summed E-state index contributed by atoms with van der Waals surface area (Å²) in [5.74, 6) is 0.876. The Bertz CT molecular complexity index is 859. The second-order valence-electron chi connectivity index (χ2n) is 6.18. The minimum atomic E-state index is -0.109. The summed E-state index contributed by atoms with van der Waals surface area (Å²) in [5.41, 5.74) is 1.20. The van der Waals surface area contributed by atoms with Crippen molar-refractivity contribution in [2.24, 2.45) is 7.05 Å². The van der Waals surface area contributed by atoms with Crippen molar-refractivity contribution in [3.05, 3.63) is 42.5 Å². The Hall–Kier alpha value is -2.83. The second kappa shape index (κ2) is 5.99. The lowest BCUT2D eigenvalue weighted by atomic mass is 10.1. The number of nitrogens with zero attached hydrogens (tertiary/aromatic N) is 4. The van der Waals surface area contributed by atoms with E-state index in [0.717, 1.165) is 42.9 Å². The normalized spacial score (nSPS) is 15.8. The molecular weight excluding hydrogens is 304 g/mol. The van der Waals surface area contributed by atoms with E-state index >= 15 is 0 Å². The summed E-state index contributed by atoms with van der Waals surface area (Å²) in [6, 6.07) is 5.80. The third kappa shape index (κ3) is 2.73. The molecule has 7 heteroatoms. The number of H-pyrrole nitrogens is 1. The van der Waals surface area contributed by atoms with E-state index < -0.39 is 0 Å². The molecule has 1 saturated heterocycles. The summed E-state index contributed by atoms with van der Waals surface area (Å²) in [6.45, 7) is 1.78. The highest BCUT2D eigenvalue weighted by atomic mass is 16.1. The predicted octanol–water partition coefficient (Wildman–Crippen LogP) is 1.70. The Morgan fingerprint density at radius 1 is 1.29 bits per heavy atom. The van der Waals surface area contributed by atoms with Crippen LogP contribution in [0.2, 0.25) is 0 Å². The molecule has 0 unspecified atom stereocenters. The molecule has 2 N–H and O–H groups in total. The Kier molecular flexibility index (Phi) is 3.68. The number of nitrogens with one attached hydrogen (secondary N) is 2. The molecule has 0 bridgehead atoms. The number of fused-ring (bicyclic) bond motifs is 1. The minimum absolute atomic E-state index is 0.109. The van der Waals surface area contributed by atoms with Gasteiger partial charge < -0.3 is 19.8 Å². The molecule has 0 aromatic carbocycles. The molecule has 4 rings (SSSR count). The first-order valence-corrected chi connectivity index (χ1v) is 8.18. The second-order valence-corrected chi connectivity index (χ2v) is 6.18. The highest BCUT2D eigenvalue weighted by Gasteiger charge is 2.23. The fourth-order valence-corrected chi connectivity index (χ4v) is 3.20. The molecule has 0 atom stereocenters. The van der Waals surface area contributed by atoms with Crippen LogP contribution in [0.3, 0.4) is 0 Å². The number of aromatic nitrogens is 4. The highest BCUT2D eigenvalue weighted by molar-refractivity contribution is 5.94. The van der Waals surface area contributed by atoms with Crippen LogP contribution < -0.4 is 10.2 Å².